The van der Waals surface area contributed by atoms with Gasteiger partial charge in [-0.2, -0.15) is 0 Å². The fraction of sp³-hybridized carbons (Fsp3) is 0.611. The fourth-order valence-electron chi connectivity index (χ4n) is 3.23. The normalized spacial score (nSPS) is 17.0. The van der Waals surface area contributed by atoms with Crippen LogP contribution >= 0.6 is 0 Å². The van der Waals surface area contributed by atoms with Crippen molar-refractivity contribution in [2.24, 2.45) is 0 Å². The van der Waals surface area contributed by atoms with Gasteiger partial charge < -0.3 is 14.4 Å². The van der Waals surface area contributed by atoms with Gasteiger partial charge in [0, 0.05) is 6.54 Å². The predicted molar refractivity (Wildman–Crippen MR) is 87.3 cm³/mol. The largest absolute Gasteiger partial charge is 0.497 e. The number of carbonyl (C=O) groups excluding carboxylic acids is 1. The molecule has 0 saturated carbocycles. The standard InChI is InChI=1S/C18H27NO3/c1-4-5-6-7-8-17-16-10-9-15(21-2)13-14(16)11-12-19(17)18(20)22-3/h9-10,13,17H,4-8,11-12H2,1-3H3. The highest BCUT2D eigenvalue weighted by molar-refractivity contribution is 5.69. The number of nitrogens with zero attached hydrogens (tertiary/aromatic N) is 1. The number of rotatable bonds is 6. The average Bonchev–Trinajstić information content (AvgIpc) is 2.57. The van der Waals surface area contributed by atoms with Crippen molar-refractivity contribution in [1.82, 2.24) is 4.90 Å². The Morgan fingerprint density at radius 1 is 1.27 bits per heavy atom. The molecule has 0 radical (unpaired) electrons. The topological polar surface area (TPSA) is 38.8 Å². The second-order valence-corrected chi connectivity index (χ2v) is 5.84. The molecule has 1 aromatic carbocycles. The van der Waals surface area contributed by atoms with Gasteiger partial charge in [0.15, 0.2) is 0 Å². The van der Waals surface area contributed by atoms with Crippen molar-refractivity contribution < 1.29 is 14.3 Å². The van der Waals surface area contributed by atoms with E-state index in [1.807, 2.05) is 11.0 Å². The van der Waals surface area contributed by atoms with Crippen LogP contribution in [0.3, 0.4) is 0 Å². The maximum Gasteiger partial charge on any atom is 0.410 e. The van der Waals surface area contributed by atoms with Crippen LogP contribution in [-0.2, 0) is 11.2 Å². The highest BCUT2D eigenvalue weighted by Gasteiger charge is 2.31. The van der Waals surface area contributed by atoms with Crippen LogP contribution < -0.4 is 4.74 Å². The molecular formula is C18H27NO3. The number of carbonyl (C=O) groups is 1. The fourth-order valence-corrected chi connectivity index (χ4v) is 3.23. The van der Waals surface area contributed by atoms with E-state index in [2.05, 4.69) is 19.1 Å². The van der Waals surface area contributed by atoms with E-state index in [0.29, 0.717) is 6.54 Å². The summed E-state index contributed by atoms with van der Waals surface area (Å²) in [7, 11) is 3.15. The third kappa shape index (κ3) is 3.73. The first-order valence-electron chi connectivity index (χ1n) is 8.22. The van der Waals surface area contributed by atoms with E-state index in [4.69, 9.17) is 9.47 Å². The predicted octanol–water partition coefficient (Wildman–Crippen LogP) is 4.33. The Kier molecular flexibility index (Phi) is 6.10. The van der Waals surface area contributed by atoms with Crippen molar-refractivity contribution in [3.8, 4) is 5.75 Å². The summed E-state index contributed by atoms with van der Waals surface area (Å²) in [6, 6.07) is 6.31. The molecule has 4 heteroatoms. The molecule has 22 heavy (non-hydrogen) atoms. The van der Waals surface area contributed by atoms with Crippen LogP contribution in [0.15, 0.2) is 18.2 Å². The molecule has 1 aliphatic heterocycles. The first kappa shape index (κ1) is 16.7. The third-order valence-corrected chi connectivity index (χ3v) is 4.45. The summed E-state index contributed by atoms with van der Waals surface area (Å²) >= 11 is 0. The molecule has 4 nitrogen and oxygen atoms in total. The quantitative estimate of drug-likeness (QED) is 0.734. The molecule has 0 fully saturated rings. The number of methoxy groups -OCH3 is 2. The number of fused-ring (bicyclic) bond motifs is 1. The van der Waals surface area contributed by atoms with Crippen molar-refractivity contribution in [1.29, 1.82) is 0 Å². The Bertz CT molecular complexity index is 501. The Balaban J connectivity index is 2.19. The van der Waals surface area contributed by atoms with Gasteiger partial charge in [-0.3, -0.25) is 0 Å². The van der Waals surface area contributed by atoms with Crippen LogP contribution in [0.4, 0.5) is 4.79 Å². The van der Waals surface area contributed by atoms with Crippen LogP contribution in [0.1, 0.15) is 56.2 Å². The van der Waals surface area contributed by atoms with Gasteiger partial charge in [-0.25, -0.2) is 4.79 Å². The Hall–Kier alpha value is -1.71. The summed E-state index contributed by atoms with van der Waals surface area (Å²) in [4.78, 5) is 14.0. The minimum absolute atomic E-state index is 0.124. The Labute approximate surface area is 133 Å². The molecule has 0 N–H and O–H groups in total. The molecule has 1 unspecified atom stereocenters. The molecule has 1 aromatic rings. The zero-order valence-corrected chi connectivity index (χ0v) is 13.9. The zero-order chi connectivity index (χ0) is 15.9. The maximum absolute atomic E-state index is 12.1. The van der Waals surface area contributed by atoms with Crippen molar-refractivity contribution in [2.75, 3.05) is 20.8 Å². The first-order valence-corrected chi connectivity index (χ1v) is 8.22. The average molecular weight is 305 g/mol. The molecule has 1 aliphatic rings. The number of ether oxygens (including phenoxy) is 2. The van der Waals surface area contributed by atoms with Crippen molar-refractivity contribution in [2.45, 2.75) is 51.5 Å². The van der Waals surface area contributed by atoms with E-state index >= 15 is 0 Å². The van der Waals surface area contributed by atoms with Gasteiger partial charge in [-0.15, -0.1) is 0 Å². The van der Waals surface area contributed by atoms with E-state index in [1.54, 1.807) is 7.11 Å². The Morgan fingerprint density at radius 3 is 2.77 bits per heavy atom. The zero-order valence-electron chi connectivity index (χ0n) is 13.9. The summed E-state index contributed by atoms with van der Waals surface area (Å²) in [5, 5.41) is 0. The van der Waals surface area contributed by atoms with E-state index < -0.39 is 0 Å². The second-order valence-electron chi connectivity index (χ2n) is 5.84. The third-order valence-electron chi connectivity index (χ3n) is 4.45. The van der Waals surface area contributed by atoms with Crippen molar-refractivity contribution in [3.05, 3.63) is 29.3 Å². The molecule has 0 aromatic heterocycles. The summed E-state index contributed by atoms with van der Waals surface area (Å²) in [5.41, 5.74) is 2.54. The minimum atomic E-state index is -0.220. The van der Waals surface area contributed by atoms with Gasteiger partial charge in [0.05, 0.1) is 20.3 Å². The first-order chi connectivity index (χ1) is 10.7. The van der Waals surface area contributed by atoms with Crippen LogP contribution in [0.25, 0.3) is 0 Å². The van der Waals surface area contributed by atoms with Gasteiger partial charge in [0.1, 0.15) is 5.75 Å². The smallest absolute Gasteiger partial charge is 0.410 e. The van der Waals surface area contributed by atoms with E-state index in [-0.39, 0.29) is 12.1 Å². The highest BCUT2D eigenvalue weighted by Crippen LogP contribution is 2.35. The van der Waals surface area contributed by atoms with Gasteiger partial charge in [0.25, 0.3) is 0 Å². The summed E-state index contributed by atoms with van der Waals surface area (Å²) in [6.45, 7) is 2.92. The lowest BCUT2D eigenvalue weighted by Gasteiger charge is -2.36. The number of unbranched alkanes of at least 4 members (excludes halogenated alkanes) is 3. The van der Waals surface area contributed by atoms with Crippen LogP contribution in [0, 0.1) is 0 Å². The van der Waals surface area contributed by atoms with Gasteiger partial charge >= 0.3 is 6.09 Å². The molecule has 2 rings (SSSR count). The minimum Gasteiger partial charge on any atom is -0.497 e. The number of benzene rings is 1. The SMILES string of the molecule is CCCCCCC1c2ccc(OC)cc2CCN1C(=O)OC. The number of hydrogen-bond acceptors (Lipinski definition) is 3. The highest BCUT2D eigenvalue weighted by atomic mass is 16.5. The van der Waals surface area contributed by atoms with Crippen molar-refractivity contribution in [3.63, 3.8) is 0 Å². The number of hydrogen-bond donors (Lipinski definition) is 0. The van der Waals surface area contributed by atoms with E-state index in [9.17, 15) is 4.79 Å². The summed E-state index contributed by atoms with van der Waals surface area (Å²) in [6.07, 6.45) is 6.45. The van der Waals surface area contributed by atoms with E-state index in [1.165, 1.54) is 37.5 Å². The van der Waals surface area contributed by atoms with Gasteiger partial charge in [-0.05, 0) is 36.1 Å². The lowest BCUT2D eigenvalue weighted by Crippen LogP contribution is -2.40. The van der Waals surface area contributed by atoms with Gasteiger partial charge in [0.2, 0.25) is 0 Å². The van der Waals surface area contributed by atoms with Gasteiger partial charge in [-0.1, -0.05) is 38.7 Å². The lowest BCUT2D eigenvalue weighted by molar-refractivity contribution is 0.0975. The lowest BCUT2D eigenvalue weighted by atomic mass is 9.89. The molecule has 1 heterocycles. The molecule has 0 saturated heterocycles. The molecular weight excluding hydrogens is 278 g/mol. The molecule has 0 bridgehead atoms. The monoisotopic (exact) mass is 305 g/mol. The van der Waals surface area contributed by atoms with Crippen molar-refractivity contribution >= 4 is 6.09 Å². The second kappa shape index (κ2) is 8.06. The summed E-state index contributed by atoms with van der Waals surface area (Å²) < 4.78 is 10.3. The molecule has 122 valence electrons. The molecule has 0 spiro atoms. The number of amides is 1. The molecule has 0 aliphatic carbocycles. The van der Waals surface area contributed by atoms with Crippen LogP contribution in [0.5, 0.6) is 5.75 Å². The van der Waals surface area contributed by atoms with E-state index in [0.717, 1.165) is 25.0 Å². The molecule has 1 atom stereocenters. The van der Waals surface area contributed by atoms with Crippen LogP contribution in [-0.4, -0.2) is 31.8 Å². The summed E-state index contributed by atoms with van der Waals surface area (Å²) in [5.74, 6) is 0.884. The van der Waals surface area contributed by atoms with Crippen LogP contribution in [0.2, 0.25) is 0 Å². The Morgan fingerprint density at radius 2 is 2.09 bits per heavy atom. The molecule has 1 amide bonds. The maximum atomic E-state index is 12.1.